The van der Waals surface area contributed by atoms with E-state index < -0.39 is 0 Å². The predicted molar refractivity (Wildman–Crippen MR) is 231 cm³/mol. The summed E-state index contributed by atoms with van der Waals surface area (Å²) in [4.78, 5) is 2.44. The van der Waals surface area contributed by atoms with Gasteiger partial charge in [-0.3, -0.25) is 0 Å². The topological polar surface area (TPSA) is 21.3 Å². The Kier molecular flexibility index (Phi) is 7.17. The fourth-order valence-electron chi connectivity index (χ4n) is 8.47. The van der Waals surface area contributed by atoms with Crippen LogP contribution in [-0.4, -0.2) is 4.57 Å². The molecule has 0 saturated heterocycles. The molecule has 2 aromatic heterocycles. The maximum absolute atomic E-state index is 6.44. The van der Waals surface area contributed by atoms with Crippen LogP contribution in [0.3, 0.4) is 0 Å². The van der Waals surface area contributed by atoms with Crippen LogP contribution in [-0.2, 0) is 0 Å². The van der Waals surface area contributed by atoms with E-state index in [1.807, 2.05) is 0 Å². The van der Waals surface area contributed by atoms with Crippen molar-refractivity contribution in [1.29, 1.82) is 0 Å². The fraction of sp³-hybridized carbons (Fsp3) is 0. The molecule has 258 valence electrons. The standard InChI is InChI=1S/C52H34N2O/c1-3-14-36(15-4-1)41-19-9-11-22-46(41)54(49-25-13-24-48-51(49)44-21-10-12-23-47(44)53(48)39-17-5-2-6-18-39)40-30-26-35(27-31-40)38-29-33-50-45(34-38)43-32-28-37-16-7-8-20-42(37)52(43)55-50/h1-34H. The van der Waals surface area contributed by atoms with Gasteiger partial charge >= 0.3 is 0 Å². The van der Waals surface area contributed by atoms with Crippen LogP contribution in [0.25, 0.3) is 82.5 Å². The maximum atomic E-state index is 6.44. The van der Waals surface area contributed by atoms with E-state index in [9.17, 15) is 0 Å². The Balaban J connectivity index is 1.11. The molecule has 0 N–H and O–H groups in total. The molecule has 3 heteroatoms. The van der Waals surface area contributed by atoms with Crippen molar-refractivity contribution in [2.45, 2.75) is 0 Å². The van der Waals surface area contributed by atoms with Gasteiger partial charge < -0.3 is 13.9 Å². The van der Waals surface area contributed by atoms with Gasteiger partial charge in [-0.25, -0.2) is 0 Å². The Morgan fingerprint density at radius 2 is 1.07 bits per heavy atom. The average Bonchev–Trinajstić information content (AvgIpc) is 3.81. The minimum Gasteiger partial charge on any atom is -0.455 e. The van der Waals surface area contributed by atoms with Gasteiger partial charge in [0.1, 0.15) is 11.2 Å². The first-order valence-corrected chi connectivity index (χ1v) is 18.8. The summed E-state index contributed by atoms with van der Waals surface area (Å²) in [5, 5.41) is 7.01. The van der Waals surface area contributed by atoms with Crippen LogP contribution >= 0.6 is 0 Å². The molecular weight excluding hydrogens is 669 g/mol. The number of rotatable bonds is 6. The lowest BCUT2D eigenvalue weighted by Gasteiger charge is -2.29. The van der Waals surface area contributed by atoms with Gasteiger partial charge in [0.2, 0.25) is 0 Å². The van der Waals surface area contributed by atoms with Crippen molar-refractivity contribution in [3.63, 3.8) is 0 Å². The van der Waals surface area contributed by atoms with Gasteiger partial charge in [-0.15, -0.1) is 0 Å². The molecule has 0 saturated carbocycles. The first-order chi connectivity index (χ1) is 27.3. The second-order valence-corrected chi connectivity index (χ2v) is 14.1. The minimum absolute atomic E-state index is 0.901. The smallest absolute Gasteiger partial charge is 0.143 e. The number of fused-ring (bicyclic) bond motifs is 8. The number of hydrogen-bond acceptors (Lipinski definition) is 2. The van der Waals surface area contributed by atoms with Crippen molar-refractivity contribution in [1.82, 2.24) is 4.57 Å². The highest BCUT2D eigenvalue weighted by Gasteiger charge is 2.23. The van der Waals surface area contributed by atoms with Gasteiger partial charge in [-0.05, 0) is 88.8 Å². The molecule has 0 atom stereocenters. The molecule has 0 aliphatic carbocycles. The van der Waals surface area contributed by atoms with Crippen LogP contribution in [0.1, 0.15) is 0 Å². The largest absolute Gasteiger partial charge is 0.455 e. The molecule has 0 unspecified atom stereocenters. The van der Waals surface area contributed by atoms with Gasteiger partial charge in [0, 0.05) is 43.9 Å². The van der Waals surface area contributed by atoms with E-state index in [-0.39, 0.29) is 0 Å². The molecule has 0 radical (unpaired) electrons. The summed E-state index contributed by atoms with van der Waals surface area (Å²) in [5.41, 5.74) is 13.3. The molecule has 3 nitrogen and oxygen atoms in total. The zero-order chi connectivity index (χ0) is 36.3. The Morgan fingerprint density at radius 1 is 0.400 bits per heavy atom. The Morgan fingerprint density at radius 3 is 1.93 bits per heavy atom. The lowest BCUT2D eigenvalue weighted by molar-refractivity contribution is 0.672. The molecule has 0 aliphatic heterocycles. The number of anilines is 3. The molecule has 2 heterocycles. The summed E-state index contributed by atoms with van der Waals surface area (Å²) in [7, 11) is 0. The lowest BCUT2D eigenvalue weighted by atomic mass is 9.99. The summed E-state index contributed by atoms with van der Waals surface area (Å²) >= 11 is 0. The number of para-hydroxylation sites is 3. The van der Waals surface area contributed by atoms with E-state index >= 15 is 0 Å². The quantitative estimate of drug-likeness (QED) is 0.172. The third kappa shape index (κ3) is 5.05. The van der Waals surface area contributed by atoms with Gasteiger partial charge in [-0.2, -0.15) is 0 Å². The van der Waals surface area contributed by atoms with Crippen LogP contribution in [0.15, 0.2) is 211 Å². The number of aromatic nitrogens is 1. The van der Waals surface area contributed by atoms with Crippen molar-refractivity contribution in [2.24, 2.45) is 0 Å². The predicted octanol–water partition coefficient (Wildman–Crippen LogP) is 14.6. The van der Waals surface area contributed by atoms with Crippen molar-refractivity contribution >= 4 is 71.6 Å². The highest BCUT2D eigenvalue weighted by Crippen LogP contribution is 2.47. The third-order valence-electron chi connectivity index (χ3n) is 11.0. The van der Waals surface area contributed by atoms with Crippen molar-refractivity contribution < 1.29 is 4.42 Å². The van der Waals surface area contributed by atoms with E-state index in [2.05, 4.69) is 216 Å². The summed E-state index contributed by atoms with van der Waals surface area (Å²) < 4.78 is 8.83. The second-order valence-electron chi connectivity index (χ2n) is 14.1. The fourth-order valence-corrected chi connectivity index (χ4v) is 8.47. The number of nitrogens with zero attached hydrogens (tertiary/aromatic N) is 2. The molecule has 0 aliphatic rings. The normalized spacial score (nSPS) is 11.6. The lowest BCUT2D eigenvalue weighted by Crippen LogP contribution is -2.11. The first-order valence-electron chi connectivity index (χ1n) is 18.8. The summed E-state index contributed by atoms with van der Waals surface area (Å²) in [6.45, 7) is 0. The van der Waals surface area contributed by atoms with Crippen molar-refractivity contribution in [2.75, 3.05) is 4.90 Å². The Hall–Kier alpha value is -7.36. The number of furan rings is 1. The summed E-state index contributed by atoms with van der Waals surface area (Å²) in [6.07, 6.45) is 0. The maximum Gasteiger partial charge on any atom is 0.143 e. The van der Waals surface area contributed by atoms with Crippen LogP contribution in [0.4, 0.5) is 17.1 Å². The molecular formula is C52H34N2O. The number of hydrogen-bond donors (Lipinski definition) is 0. The minimum atomic E-state index is 0.901. The molecule has 0 fully saturated rings. The van der Waals surface area contributed by atoms with E-state index in [1.165, 1.54) is 32.8 Å². The molecule has 11 rings (SSSR count). The van der Waals surface area contributed by atoms with Crippen LogP contribution in [0.5, 0.6) is 0 Å². The van der Waals surface area contributed by atoms with Gasteiger partial charge in [-0.1, -0.05) is 140 Å². The average molecular weight is 703 g/mol. The molecule has 55 heavy (non-hydrogen) atoms. The molecule has 0 amide bonds. The van der Waals surface area contributed by atoms with Gasteiger partial charge in [0.25, 0.3) is 0 Å². The van der Waals surface area contributed by atoms with E-state index in [0.717, 1.165) is 66.7 Å². The van der Waals surface area contributed by atoms with Crippen molar-refractivity contribution in [3.05, 3.63) is 206 Å². The summed E-state index contributed by atoms with van der Waals surface area (Å²) in [5.74, 6) is 0. The highest BCUT2D eigenvalue weighted by atomic mass is 16.3. The third-order valence-corrected chi connectivity index (χ3v) is 11.0. The monoisotopic (exact) mass is 702 g/mol. The van der Waals surface area contributed by atoms with Gasteiger partial charge in [0.15, 0.2) is 0 Å². The van der Waals surface area contributed by atoms with Crippen LogP contribution < -0.4 is 4.90 Å². The van der Waals surface area contributed by atoms with E-state index in [4.69, 9.17) is 4.42 Å². The van der Waals surface area contributed by atoms with Crippen LogP contribution in [0, 0.1) is 0 Å². The van der Waals surface area contributed by atoms with E-state index in [1.54, 1.807) is 0 Å². The van der Waals surface area contributed by atoms with E-state index in [0.29, 0.717) is 0 Å². The van der Waals surface area contributed by atoms with Gasteiger partial charge in [0.05, 0.1) is 22.4 Å². The molecule has 0 bridgehead atoms. The highest BCUT2D eigenvalue weighted by molar-refractivity contribution is 6.17. The first kappa shape index (κ1) is 31.2. The van der Waals surface area contributed by atoms with Crippen molar-refractivity contribution in [3.8, 4) is 27.9 Å². The number of benzene rings is 9. The second kappa shape index (κ2) is 12.6. The zero-order valence-corrected chi connectivity index (χ0v) is 29.9. The Bertz CT molecular complexity index is 3190. The summed E-state index contributed by atoms with van der Waals surface area (Å²) in [6, 6.07) is 73.9. The van der Waals surface area contributed by atoms with Crippen LogP contribution in [0.2, 0.25) is 0 Å². The SMILES string of the molecule is c1ccc(-c2ccccc2N(c2ccc(-c3ccc4oc5c6ccccc6ccc5c4c3)cc2)c2cccc3c2c2ccccc2n3-c2ccccc2)cc1. The zero-order valence-electron chi connectivity index (χ0n) is 29.9. The molecule has 11 aromatic rings. The molecule has 0 spiro atoms. The Labute approximate surface area is 318 Å². The molecule has 9 aromatic carbocycles.